The zero-order valence-corrected chi connectivity index (χ0v) is 19.0. The molecule has 0 unspecified atom stereocenters. The smallest absolute Gasteiger partial charge is 0.244 e. The summed E-state index contributed by atoms with van der Waals surface area (Å²) in [5, 5.41) is 4.04. The van der Waals surface area contributed by atoms with E-state index in [1.54, 1.807) is 59.2 Å². The maximum absolute atomic E-state index is 13.3. The Labute approximate surface area is 203 Å². The molecule has 9 heteroatoms. The molecule has 1 aliphatic rings. The van der Waals surface area contributed by atoms with E-state index in [-0.39, 0.29) is 30.2 Å². The van der Waals surface area contributed by atoms with Crippen molar-refractivity contribution in [2.24, 2.45) is 0 Å². The summed E-state index contributed by atoms with van der Waals surface area (Å²) in [4.78, 5) is 39.3. The van der Waals surface area contributed by atoms with E-state index >= 15 is 0 Å². The second-order valence-electron chi connectivity index (χ2n) is 7.61. The van der Waals surface area contributed by atoms with Crippen molar-refractivity contribution in [1.82, 2.24) is 4.57 Å². The number of aromatic nitrogens is 1. The number of benzene rings is 3. The van der Waals surface area contributed by atoms with Crippen LogP contribution in [0.5, 0.6) is 11.5 Å². The van der Waals surface area contributed by atoms with E-state index in [4.69, 9.17) is 32.7 Å². The first-order chi connectivity index (χ1) is 16.4. The molecule has 0 radical (unpaired) electrons. The predicted molar refractivity (Wildman–Crippen MR) is 129 cm³/mol. The third-order valence-corrected chi connectivity index (χ3v) is 5.87. The number of hydrogen-bond donors (Lipinski definition) is 1. The Kier molecular flexibility index (Phi) is 5.73. The highest BCUT2D eigenvalue weighted by atomic mass is 35.5. The molecule has 7 nitrogen and oxygen atoms in total. The summed E-state index contributed by atoms with van der Waals surface area (Å²) in [6, 6.07) is 16.1. The van der Waals surface area contributed by atoms with Crippen LogP contribution in [0.3, 0.4) is 0 Å². The summed E-state index contributed by atoms with van der Waals surface area (Å²) >= 11 is 11.8. The van der Waals surface area contributed by atoms with Crippen LogP contribution < -0.4 is 20.2 Å². The topological polar surface area (TPSA) is 86.6 Å². The number of ether oxygens (including phenoxy) is 2. The van der Waals surface area contributed by atoms with Crippen LogP contribution in [0.1, 0.15) is 15.9 Å². The van der Waals surface area contributed by atoms with Gasteiger partial charge in [0.05, 0.1) is 16.5 Å². The van der Waals surface area contributed by atoms with Crippen molar-refractivity contribution < 1.29 is 19.1 Å². The van der Waals surface area contributed by atoms with Crippen molar-refractivity contribution in [1.29, 1.82) is 0 Å². The molecule has 0 saturated carbocycles. The quantitative estimate of drug-likeness (QED) is 0.398. The van der Waals surface area contributed by atoms with Gasteiger partial charge in [0.25, 0.3) is 0 Å². The molecule has 0 aliphatic carbocycles. The number of fused-ring (bicyclic) bond motifs is 2. The molecule has 0 spiro atoms. The van der Waals surface area contributed by atoms with Gasteiger partial charge in [0.15, 0.2) is 17.3 Å². The van der Waals surface area contributed by atoms with Gasteiger partial charge in [-0.3, -0.25) is 14.4 Å². The van der Waals surface area contributed by atoms with Crippen LogP contribution in [0.2, 0.25) is 10.0 Å². The van der Waals surface area contributed by atoms with Crippen molar-refractivity contribution in [2.45, 2.75) is 6.54 Å². The van der Waals surface area contributed by atoms with Gasteiger partial charge in [-0.2, -0.15) is 0 Å². The second kappa shape index (κ2) is 8.85. The minimum Gasteiger partial charge on any atom is -0.454 e. The third-order valence-electron chi connectivity index (χ3n) is 5.37. The van der Waals surface area contributed by atoms with Crippen LogP contribution in [-0.4, -0.2) is 23.1 Å². The van der Waals surface area contributed by atoms with Crippen molar-refractivity contribution in [3.8, 4) is 11.5 Å². The van der Waals surface area contributed by atoms with E-state index in [1.807, 2.05) is 0 Å². The van der Waals surface area contributed by atoms with E-state index in [2.05, 4.69) is 5.32 Å². The van der Waals surface area contributed by atoms with Gasteiger partial charge in [-0.25, -0.2) is 0 Å². The molecule has 0 atom stereocenters. The van der Waals surface area contributed by atoms with Crippen LogP contribution >= 0.6 is 23.2 Å². The normalized spacial score (nSPS) is 12.1. The summed E-state index contributed by atoms with van der Waals surface area (Å²) in [6.07, 6.45) is 1.39. The van der Waals surface area contributed by atoms with E-state index in [9.17, 15) is 14.4 Å². The van der Waals surface area contributed by atoms with Gasteiger partial charge >= 0.3 is 0 Å². The summed E-state index contributed by atoms with van der Waals surface area (Å²) < 4.78 is 12.4. The monoisotopic (exact) mass is 494 g/mol. The highest BCUT2D eigenvalue weighted by Gasteiger charge is 2.22. The molecule has 4 aromatic rings. The van der Waals surface area contributed by atoms with E-state index in [1.165, 1.54) is 12.3 Å². The molecule has 3 aromatic carbocycles. The van der Waals surface area contributed by atoms with E-state index in [0.29, 0.717) is 38.3 Å². The lowest BCUT2D eigenvalue weighted by atomic mass is 10.0. The van der Waals surface area contributed by atoms with Crippen molar-refractivity contribution >= 4 is 51.5 Å². The number of amides is 1. The standard InChI is InChI=1S/C25H16Cl2N2O5/c26-15-3-1-14(2-4-15)24(31)19-11-29(12-23(30)28-17-7-5-16(27)6-8-17)20-10-22-21(33-13-34-22)9-18(20)25(19)32/h1-11H,12-13H2,(H,28,30). The predicted octanol–water partition coefficient (Wildman–Crippen LogP) is 4.91. The zero-order chi connectivity index (χ0) is 23.8. The highest BCUT2D eigenvalue weighted by molar-refractivity contribution is 6.31. The number of ketones is 1. The maximum Gasteiger partial charge on any atom is 0.244 e. The number of nitrogens with one attached hydrogen (secondary N) is 1. The van der Waals surface area contributed by atoms with Crippen LogP contribution in [0.25, 0.3) is 10.9 Å². The molecule has 2 heterocycles. The van der Waals surface area contributed by atoms with Crippen molar-refractivity contribution in [3.05, 3.63) is 98.3 Å². The molecular formula is C25H16Cl2N2O5. The van der Waals surface area contributed by atoms with Crippen LogP contribution in [0.4, 0.5) is 5.69 Å². The van der Waals surface area contributed by atoms with Gasteiger partial charge in [-0.15, -0.1) is 0 Å². The number of nitrogens with zero attached hydrogens (tertiary/aromatic N) is 1. The number of carbonyl (C=O) groups excluding carboxylic acids is 2. The fourth-order valence-electron chi connectivity index (χ4n) is 3.72. The Morgan fingerprint density at radius 3 is 2.21 bits per heavy atom. The van der Waals surface area contributed by atoms with Crippen LogP contribution in [0.15, 0.2) is 71.7 Å². The molecule has 1 aliphatic heterocycles. The molecule has 1 amide bonds. The number of hydrogen-bond acceptors (Lipinski definition) is 5. The second-order valence-corrected chi connectivity index (χ2v) is 8.49. The van der Waals surface area contributed by atoms with Gasteiger partial charge < -0.3 is 19.4 Å². The van der Waals surface area contributed by atoms with Gasteiger partial charge in [0.1, 0.15) is 6.54 Å². The Morgan fingerprint density at radius 1 is 0.912 bits per heavy atom. The Hall–Kier alpha value is -3.81. The fraction of sp³-hybridized carbons (Fsp3) is 0.0800. The number of rotatable bonds is 5. The number of anilines is 1. The largest absolute Gasteiger partial charge is 0.454 e. The molecule has 0 saturated heterocycles. The van der Waals surface area contributed by atoms with E-state index in [0.717, 1.165) is 0 Å². The Balaban J connectivity index is 1.58. The first-order valence-corrected chi connectivity index (χ1v) is 11.0. The highest BCUT2D eigenvalue weighted by Crippen LogP contribution is 2.35. The molecular weight excluding hydrogens is 479 g/mol. The van der Waals surface area contributed by atoms with Gasteiger partial charge in [-0.05, 0) is 54.6 Å². The first-order valence-electron chi connectivity index (χ1n) is 10.2. The zero-order valence-electron chi connectivity index (χ0n) is 17.5. The lowest BCUT2D eigenvalue weighted by Gasteiger charge is -2.14. The number of carbonyl (C=O) groups is 2. The molecule has 34 heavy (non-hydrogen) atoms. The minimum absolute atomic E-state index is 0.0213. The average molecular weight is 495 g/mol. The lowest BCUT2D eigenvalue weighted by Crippen LogP contribution is -2.24. The number of pyridine rings is 1. The van der Waals surface area contributed by atoms with Crippen molar-refractivity contribution in [3.63, 3.8) is 0 Å². The minimum atomic E-state index is -0.479. The fourth-order valence-corrected chi connectivity index (χ4v) is 3.97. The summed E-state index contributed by atoms with van der Waals surface area (Å²) in [5.41, 5.74) is 0.761. The van der Waals surface area contributed by atoms with Gasteiger partial charge in [-0.1, -0.05) is 23.2 Å². The van der Waals surface area contributed by atoms with Gasteiger partial charge in [0.2, 0.25) is 18.1 Å². The van der Waals surface area contributed by atoms with Gasteiger partial charge in [0, 0.05) is 33.6 Å². The summed E-state index contributed by atoms with van der Waals surface area (Å²) in [7, 11) is 0. The molecule has 0 fully saturated rings. The molecule has 0 bridgehead atoms. The van der Waals surface area contributed by atoms with Crippen LogP contribution in [-0.2, 0) is 11.3 Å². The molecule has 1 N–H and O–H groups in total. The van der Waals surface area contributed by atoms with E-state index < -0.39 is 11.2 Å². The molecule has 170 valence electrons. The third kappa shape index (κ3) is 4.23. The van der Waals surface area contributed by atoms with Crippen LogP contribution in [0, 0.1) is 0 Å². The number of halogens is 2. The first kappa shape index (κ1) is 22.0. The summed E-state index contributed by atoms with van der Waals surface area (Å²) in [5.74, 6) is 0.0244. The maximum atomic E-state index is 13.3. The summed E-state index contributed by atoms with van der Waals surface area (Å²) in [6.45, 7) is -0.132. The lowest BCUT2D eigenvalue weighted by molar-refractivity contribution is -0.116. The average Bonchev–Trinajstić information content (AvgIpc) is 3.29. The molecule has 5 rings (SSSR count). The SMILES string of the molecule is O=C(Cn1cc(C(=O)c2ccc(Cl)cc2)c(=O)c2cc3c(cc21)OCO3)Nc1ccc(Cl)cc1. The Morgan fingerprint density at radius 2 is 1.53 bits per heavy atom. The van der Waals surface area contributed by atoms with Crippen molar-refractivity contribution in [2.75, 3.05) is 12.1 Å². The Bertz CT molecular complexity index is 1500. The molecule has 1 aromatic heterocycles.